The van der Waals surface area contributed by atoms with Crippen LogP contribution in [0.5, 0.6) is 0 Å². The summed E-state index contributed by atoms with van der Waals surface area (Å²) in [5, 5.41) is 0. The first-order valence-electron chi connectivity index (χ1n) is 4.39. The van der Waals surface area contributed by atoms with Crippen molar-refractivity contribution in [2.45, 2.75) is 12.8 Å². The molecule has 66 valence electrons. The van der Waals surface area contributed by atoms with E-state index in [4.69, 9.17) is 0 Å². The van der Waals surface area contributed by atoms with E-state index in [2.05, 4.69) is 65.4 Å². The molecule has 0 aliphatic heterocycles. The Bertz CT molecular complexity index is 342. The number of allylic oxidation sites excluding steroid dienone is 4. The summed E-state index contributed by atoms with van der Waals surface area (Å²) in [4.78, 5) is 0. The van der Waals surface area contributed by atoms with Gasteiger partial charge in [0.2, 0.25) is 0 Å². The average Bonchev–Trinajstić information content (AvgIpc) is 2.57. The van der Waals surface area contributed by atoms with E-state index in [9.17, 15) is 0 Å². The predicted octanol–water partition coefficient (Wildman–Crippen LogP) is 3.97. The predicted molar refractivity (Wildman–Crippen MR) is 59.9 cm³/mol. The number of hydrogen-bond acceptors (Lipinski definition) is 0. The zero-order valence-corrected chi connectivity index (χ0v) is 9.08. The van der Waals surface area contributed by atoms with E-state index in [-0.39, 0.29) is 0 Å². The molecule has 1 aliphatic rings. The van der Waals surface area contributed by atoms with Gasteiger partial charge in [0.05, 0.1) is 0 Å². The van der Waals surface area contributed by atoms with Crippen LogP contribution in [0.2, 0.25) is 0 Å². The van der Waals surface area contributed by atoms with Crippen LogP contribution >= 0.6 is 15.9 Å². The lowest BCUT2D eigenvalue weighted by atomic mass is 9.96. The fourth-order valence-corrected chi connectivity index (χ4v) is 2.42. The Kier molecular flexibility index (Phi) is 2.36. The summed E-state index contributed by atoms with van der Waals surface area (Å²) in [7, 11) is 0. The molecule has 0 amide bonds. The van der Waals surface area contributed by atoms with Gasteiger partial charge >= 0.3 is 0 Å². The molecule has 0 fully saturated rings. The third-order valence-corrected chi connectivity index (χ3v) is 3.04. The second kappa shape index (κ2) is 3.51. The largest absolute Gasteiger partial charge is 0.0732 e. The van der Waals surface area contributed by atoms with Crippen molar-refractivity contribution in [3.05, 3.63) is 58.1 Å². The highest BCUT2D eigenvalue weighted by molar-refractivity contribution is 9.10. The van der Waals surface area contributed by atoms with Gasteiger partial charge in [-0.25, -0.2) is 0 Å². The van der Waals surface area contributed by atoms with E-state index in [0.29, 0.717) is 5.92 Å². The van der Waals surface area contributed by atoms with Crippen molar-refractivity contribution in [3.63, 3.8) is 0 Å². The van der Waals surface area contributed by atoms with Gasteiger partial charge in [0.25, 0.3) is 0 Å². The van der Waals surface area contributed by atoms with Crippen molar-refractivity contribution >= 4 is 15.9 Å². The highest BCUT2D eigenvalue weighted by atomic mass is 79.9. The van der Waals surface area contributed by atoms with Crippen molar-refractivity contribution < 1.29 is 0 Å². The molecule has 0 unspecified atom stereocenters. The summed E-state index contributed by atoms with van der Waals surface area (Å²) in [6, 6.07) is 6.33. The molecular formula is C12H11Br. The first-order valence-corrected chi connectivity index (χ1v) is 5.18. The zero-order chi connectivity index (χ0) is 9.26. The van der Waals surface area contributed by atoms with E-state index in [1.807, 2.05) is 0 Å². The van der Waals surface area contributed by atoms with Crippen molar-refractivity contribution in [2.75, 3.05) is 0 Å². The molecule has 0 N–H and O–H groups in total. The van der Waals surface area contributed by atoms with Crippen LogP contribution < -0.4 is 0 Å². The Morgan fingerprint density at radius 1 is 1.15 bits per heavy atom. The Morgan fingerprint density at radius 3 is 2.46 bits per heavy atom. The Labute approximate surface area is 87.1 Å². The standard InChI is InChI=1S/C12H11Br/c1-9-5-4-8-11(13)12(9)10-6-2-3-7-10/h2-8,10H,1H3. The fourth-order valence-electron chi connectivity index (χ4n) is 1.69. The summed E-state index contributed by atoms with van der Waals surface area (Å²) in [5.41, 5.74) is 2.73. The third-order valence-electron chi connectivity index (χ3n) is 2.35. The van der Waals surface area contributed by atoms with E-state index < -0.39 is 0 Å². The highest BCUT2D eigenvalue weighted by Crippen LogP contribution is 2.31. The molecule has 1 heteroatoms. The lowest BCUT2D eigenvalue weighted by Crippen LogP contribution is -1.94. The number of hydrogen-bond donors (Lipinski definition) is 0. The molecule has 0 atom stereocenters. The number of halogens is 1. The molecule has 1 aliphatic carbocycles. The van der Waals surface area contributed by atoms with Gasteiger partial charge < -0.3 is 0 Å². The monoisotopic (exact) mass is 234 g/mol. The van der Waals surface area contributed by atoms with Crippen molar-refractivity contribution in [1.82, 2.24) is 0 Å². The van der Waals surface area contributed by atoms with Crippen LogP contribution in [0, 0.1) is 6.92 Å². The van der Waals surface area contributed by atoms with E-state index in [1.165, 1.54) is 15.6 Å². The van der Waals surface area contributed by atoms with Crippen LogP contribution in [-0.2, 0) is 0 Å². The third kappa shape index (κ3) is 1.61. The molecule has 0 nitrogen and oxygen atoms in total. The quantitative estimate of drug-likeness (QED) is 0.690. The van der Waals surface area contributed by atoms with Crippen LogP contribution in [0.3, 0.4) is 0 Å². The summed E-state index contributed by atoms with van der Waals surface area (Å²) >= 11 is 3.59. The Morgan fingerprint density at radius 2 is 1.85 bits per heavy atom. The van der Waals surface area contributed by atoms with Crippen LogP contribution in [0.1, 0.15) is 17.0 Å². The molecule has 0 saturated heterocycles. The molecule has 0 saturated carbocycles. The minimum absolute atomic E-state index is 0.454. The molecular weight excluding hydrogens is 224 g/mol. The summed E-state index contributed by atoms with van der Waals surface area (Å²) in [6.07, 6.45) is 8.63. The molecule has 0 heterocycles. The summed E-state index contributed by atoms with van der Waals surface area (Å²) in [5.74, 6) is 0.454. The molecule has 1 aromatic rings. The van der Waals surface area contributed by atoms with Crippen molar-refractivity contribution in [2.24, 2.45) is 0 Å². The molecule has 2 rings (SSSR count). The maximum Gasteiger partial charge on any atom is 0.0219 e. The summed E-state index contributed by atoms with van der Waals surface area (Å²) in [6.45, 7) is 2.15. The van der Waals surface area contributed by atoms with Gasteiger partial charge in [-0.1, -0.05) is 52.4 Å². The highest BCUT2D eigenvalue weighted by Gasteiger charge is 2.12. The number of aryl methyl sites for hydroxylation is 1. The van der Waals surface area contributed by atoms with E-state index in [0.717, 1.165) is 0 Å². The SMILES string of the molecule is Cc1cccc(Br)c1C1C=CC=C1. The van der Waals surface area contributed by atoms with Gasteiger partial charge in [0.1, 0.15) is 0 Å². The average molecular weight is 235 g/mol. The second-order valence-electron chi connectivity index (χ2n) is 3.27. The minimum Gasteiger partial charge on any atom is -0.0732 e. The van der Waals surface area contributed by atoms with Gasteiger partial charge in [-0.05, 0) is 24.1 Å². The van der Waals surface area contributed by atoms with Crippen molar-refractivity contribution in [1.29, 1.82) is 0 Å². The Hall–Kier alpha value is -0.820. The van der Waals surface area contributed by atoms with Crippen LogP contribution in [0.4, 0.5) is 0 Å². The van der Waals surface area contributed by atoms with E-state index >= 15 is 0 Å². The van der Waals surface area contributed by atoms with Gasteiger partial charge in [0.15, 0.2) is 0 Å². The fraction of sp³-hybridized carbons (Fsp3) is 0.167. The maximum atomic E-state index is 3.59. The normalized spacial score (nSPS) is 15.5. The molecule has 0 bridgehead atoms. The first kappa shape index (κ1) is 8.76. The van der Waals surface area contributed by atoms with Gasteiger partial charge in [0, 0.05) is 10.4 Å². The maximum absolute atomic E-state index is 3.59. The number of rotatable bonds is 1. The zero-order valence-electron chi connectivity index (χ0n) is 7.50. The van der Waals surface area contributed by atoms with Gasteiger partial charge in [-0.2, -0.15) is 0 Å². The van der Waals surface area contributed by atoms with Crippen LogP contribution in [-0.4, -0.2) is 0 Å². The number of benzene rings is 1. The first-order chi connectivity index (χ1) is 6.29. The molecule has 0 spiro atoms. The van der Waals surface area contributed by atoms with Crippen LogP contribution in [0.25, 0.3) is 0 Å². The lowest BCUT2D eigenvalue weighted by molar-refractivity contribution is 1.06. The molecule has 0 radical (unpaired) electrons. The topological polar surface area (TPSA) is 0 Å². The molecule has 0 aromatic heterocycles. The molecule has 1 aromatic carbocycles. The van der Waals surface area contributed by atoms with Crippen LogP contribution in [0.15, 0.2) is 47.0 Å². The summed E-state index contributed by atoms with van der Waals surface area (Å²) < 4.78 is 1.20. The Balaban J connectivity index is 2.49. The molecule has 13 heavy (non-hydrogen) atoms. The minimum atomic E-state index is 0.454. The van der Waals surface area contributed by atoms with Crippen molar-refractivity contribution in [3.8, 4) is 0 Å². The van der Waals surface area contributed by atoms with Gasteiger partial charge in [-0.15, -0.1) is 0 Å². The van der Waals surface area contributed by atoms with E-state index in [1.54, 1.807) is 0 Å². The lowest BCUT2D eigenvalue weighted by Gasteiger charge is -2.11. The second-order valence-corrected chi connectivity index (χ2v) is 4.12. The smallest absolute Gasteiger partial charge is 0.0219 e. The van der Waals surface area contributed by atoms with Gasteiger partial charge in [-0.3, -0.25) is 0 Å².